The highest BCUT2D eigenvalue weighted by Crippen LogP contribution is 2.22. The number of benzene rings is 1. The Morgan fingerprint density at radius 2 is 2.18 bits per heavy atom. The van der Waals surface area contributed by atoms with Crippen molar-refractivity contribution in [2.75, 3.05) is 19.6 Å². The smallest absolute Gasteiger partial charge is 0.221 e. The highest BCUT2D eigenvalue weighted by Gasteiger charge is 2.23. The first-order valence-electron chi connectivity index (χ1n) is 8.37. The quantitative estimate of drug-likeness (QED) is 0.846. The van der Waals surface area contributed by atoms with Crippen LogP contribution in [0.2, 0.25) is 0 Å². The number of hydrogen-bond acceptors (Lipinski definition) is 3. The predicted molar refractivity (Wildman–Crippen MR) is 90.6 cm³/mol. The third-order valence-corrected chi connectivity index (χ3v) is 4.75. The van der Waals surface area contributed by atoms with E-state index in [2.05, 4.69) is 42.3 Å². The zero-order chi connectivity index (χ0) is 15.9. The number of rotatable bonds is 6. The van der Waals surface area contributed by atoms with Gasteiger partial charge in [0.2, 0.25) is 5.91 Å². The first-order chi connectivity index (χ1) is 10.6. The van der Waals surface area contributed by atoms with Crippen LogP contribution in [-0.4, -0.2) is 36.5 Å². The van der Waals surface area contributed by atoms with E-state index in [1.54, 1.807) is 0 Å². The first kappa shape index (κ1) is 17.0. The molecule has 0 saturated carbocycles. The van der Waals surface area contributed by atoms with Gasteiger partial charge in [0.15, 0.2) is 0 Å². The van der Waals surface area contributed by atoms with E-state index in [9.17, 15) is 4.79 Å². The van der Waals surface area contributed by atoms with Crippen LogP contribution in [0, 0.1) is 13.8 Å². The molecule has 1 aromatic rings. The average Bonchev–Trinajstić information content (AvgIpc) is 2.51. The van der Waals surface area contributed by atoms with Gasteiger partial charge in [-0.25, -0.2) is 0 Å². The minimum Gasteiger partial charge on any atom is -0.354 e. The zero-order valence-corrected chi connectivity index (χ0v) is 13.9. The molecule has 22 heavy (non-hydrogen) atoms. The Labute approximate surface area is 134 Å². The van der Waals surface area contributed by atoms with Gasteiger partial charge < -0.3 is 11.1 Å². The molecule has 1 aliphatic heterocycles. The second-order valence-corrected chi connectivity index (χ2v) is 6.32. The van der Waals surface area contributed by atoms with Crippen molar-refractivity contribution >= 4 is 5.91 Å². The third-order valence-electron chi connectivity index (χ3n) is 4.75. The molecule has 4 nitrogen and oxygen atoms in total. The monoisotopic (exact) mass is 303 g/mol. The van der Waals surface area contributed by atoms with Gasteiger partial charge in [0.25, 0.3) is 0 Å². The summed E-state index contributed by atoms with van der Waals surface area (Å²) < 4.78 is 0. The lowest BCUT2D eigenvalue weighted by Gasteiger charge is -2.36. The molecular weight excluding hydrogens is 274 g/mol. The summed E-state index contributed by atoms with van der Waals surface area (Å²) in [4.78, 5) is 14.2. The van der Waals surface area contributed by atoms with Crippen LogP contribution in [0.3, 0.4) is 0 Å². The Morgan fingerprint density at radius 3 is 2.95 bits per heavy atom. The number of piperidine rings is 1. The molecule has 0 aromatic heterocycles. The summed E-state index contributed by atoms with van der Waals surface area (Å²) >= 11 is 0. The summed E-state index contributed by atoms with van der Waals surface area (Å²) in [6.07, 6.45) is 4.08. The number of carbonyl (C=O) groups excluding carboxylic acids is 1. The van der Waals surface area contributed by atoms with Crippen LogP contribution in [0.25, 0.3) is 0 Å². The number of hydrogen-bond donors (Lipinski definition) is 2. The molecule has 1 amide bonds. The Balaban J connectivity index is 1.97. The number of amides is 1. The van der Waals surface area contributed by atoms with Gasteiger partial charge in [-0.05, 0) is 49.9 Å². The van der Waals surface area contributed by atoms with E-state index in [0.717, 1.165) is 26.1 Å². The minimum absolute atomic E-state index is 0.0692. The highest BCUT2D eigenvalue weighted by molar-refractivity contribution is 5.76. The molecule has 2 rings (SSSR count). The number of likely N-dealkylation sites (tertiary alicyclic amines) is 1. The molecule has 4 heteroatoms. The van der Waals surface area contributed by atoms with E-state index in [1.165, 1.54) is 29.5 Å². The maximum atomic E-state index is 11.6. The molecular formula is C18H29N3O. The SMILES string of the molecule is Cc1cccc(CN2CCCCC2CNC(=O)CCN)c1C. The van der Waals surface area contributed by atoms with Crippen molar-refractivity contribution < 1.29 is 4.79 Å². The molecule has 3 N–H and O–H groups in total. The van der Waals surface area contributed by atoms with E-state index < -0.39 is 0 Å². The molecule has 1 aromatic carbocycles. The molecule has 1 aliphatic rings. The van der Waals surface area contributed by atoms with Crippen LogP contribution in [0.15, 0.2) is 18.2 Å². The molecule has 1 fully saturated rings. The Hall–Kier alpha value is -1.39. The van der Waals surface area contributed by atoms with Crippen molar-refractivity contribution in [3.05, 3.63) is 34.9 Å². The van der Waals surface area contributed by atoms with Crippen LogP contribution in [0.1, 0.15) is 42.4 Å². The van der Waals surface area contributed by atoms with Gasteiger partial charge in [-0.2, -0.15) is 0 Å². The van der Waals surface area contributed by atoms with Crippen molar-refractivity contribution in [2.24, 2.45) is 5.73 Å². The molecule has 0 bridgehead atoms. The topological polar surface area (TPSA) is 58.4 Å². The van der Waals surface area contributed by atoms with Crippen LogP contribution in [-0.2, 0) is 11.3 Å². The average molecular weight is 303 g/mol. The second-order valence-electron chi connectivity index (χ2n) is 6.32. The number of nitrogens with one attached hydrogen (secondary N) is 1. The van der Waals surface area contributed by atoms with Gasteiger partial charge in [-0.1, -0.05) is 24.6 Å². The van der Waals surface area contributed by atoms with Gasteiger partial charge in [0, 0.05) is 32.1 Å². The molecule has 1 unspecified atom stereocenters. The lowest BCUT2D eigenvalue weighted by molar-refractivity contribution is -0.121. The summed E-state index contributed by atoms with van der Waals surface area (Å²) in [5.41, 5.74) is 9.57. The number of aryl methyl sites for hydroxylation is 1. The van der Waals surface area contributed by atoms with E-state index in [1.807, 2.05) is 0 Å². The van der Waals surface area contributed by atoms with Gasteiger partial charge in [0.05, 0.1) is 0 Å². The lowest BCUT2D eigenvalue weighted by atomic mass is 9.98. The van der Waals surface area contributed by atoms with E-state index in [4.69, 9.17) is 5.73 Å². The van der Waals surface area contributed by atoms with Gasteiger partial charge in [0.1, 0.15) is 0 Å². The summed E-state index contributed by atoms with van der Waals surface area (Å²) in [6, 6.07) is 6.97. The fraction of sp³-hybridized carbons (Fsp3) is 0.611. The lowest BCUT2D eigenvalue weighted by Crippen LogP contribution is -2.46. The van der Waals surface area contributed by atoms with Crippen LogP contribution >= 0.6 is 0 Å². The summed E-state index contributed by atoms with van der Waals surface area (Å²) in [5.74, 6) is 0.0692. The fourth-order valence-electron chi connectivity index (χ4n) is 3.15. The first-order valence-corrected chi connectivity index (χ1v) is 8.37. The maximum Gasteiger partial charge on any atom is 0.221 e. The Bertz CT molecular complexity index is 501. The van der Waals surface area contributed by atoms with Gasteiger partial charge in [-0.15, -0.1) is 0 Å². The highest BCUT2D eigenvalue weighted by atomic mass is 16.1. The molecule has 0 spiro atoms. The summed E-state index contributed by atoms with van der Waals surface area (Å²) in [7, 11) is 0. The van der Waals surface area contributed by atoms with Crippen molar-refractivity contribution in [3.8, 4) is 0 Å². The standard InChI is InChI=1S/C18H29N3O/c1-14-6-5-7-16(15(14)2)13-21-11-4-3-8-17(21)12-20-18(22)9-10-19/h5-7,17H,3-4,8-13,19H2,1-2H3,(H,20,22). The fourth-order valence-corrected chi connectivity index (χ4v) is 3.15. The predicted octanol–water partition coefficient (Wildman–Crippen LogP) is 2.12. The Morgan fingerprint density at radius 1 is 1.36 bits per heavy atom. The van der Waals surface area contributed by atoms with Gasteiger partial charge in [-0.3, -0.25) is 9.69 Å². The third kappa shape index (κ3) is 4.55. The van der Waals surface area contributed by atoms with E-state index in [0.29, 0.717) is 19.0 Å². The van der Waals surface area contributed by atoms with Crippen LogP contribution in [0.4, 0.5) is 0 Å². The minimum atomic E-state index is 0.0692. The van der Waals surface area contributed by atoms with Crippen molar-refractivity contribution in [1.29, 1.82) is 0 Å². The molecule has 1 atom stereocenters. The van der Waals surface area contributed by atoms with Crippen molar-refractivity contribution in [3.63, 3.8) is 0 Å². The second kappa shape index (κ2) is 8.30. The normalized spacial score (nSPS) is 19.1. The molecule has 122 valence electrons. The van der Waals surface area contributed by atoms with Crippen LogP contribution in [0.5, 0.6) is 0 Å². The van der Waals surface area contributed by atoms with E-state index >= 15 is 0 Å². The molecule has 0 aliphatic carbocycles. The number of nitrogens with two attached hydrogens (primary N) is 1. The maximum absolute atomic E-state index is 11.6. The number of nitrogens with zero attached hydrogens (tertiary/aromatic N) is 1. The number of carbonyl (C=O) groups is 1. The zero-order valence-electron chi connectivity index (χ0n) is 13.9. The van der Waals surface area contributed by atoms with E-state index in [-0.39, 0.29) is 5.91 Å². The molecule has 1 saturated heterocycles. The Kier molecular flexibility index (Phi) is 6.40. The summed E-state index contributed by atoms with van der Waals surface area (Å²) in [6.45, 7) is 7.62. The largest absolute Gasteiger partial charge is 0.354 e. The van der Waals surface area contributed by atoms with Crippen molar-refractivity contribution in [1.82, 2.24) is 10.2 Å². The van der Waals surface area contributed by atoms with Gasteiger partial charge >= 0.3 is 0 Å². The molecule has 0 radical (unpaired) electrons. The summed E-state index contributed by atoms with van der Waals surface area (Å²) in [5, 5.41) is 3.03. The van der Waals surface area contributed by atoms with Crippen LogP contribution < -0.4 is 11.1 Å². The molecule has 1 heterocycles. The van der Waals surface area contributed by atoms with Crippen molar-refractivity contribution in [2.45, 2.75) is 52.1 Å².